The molecule has 1 aromatic carbocycles. The van der Waals surface area contributed by atoms with Crippen molar-refractivity contribution in [2.24, 2.45) is 0 Å². The van der Waals surface area contributed by atoms with Crippen molar-refractivity contribution in [1.82, 2.24) is 4.98 Å². The van der Waals surface area contributed by atoms with Gasteiger partial charge in [0.1, 0.15) is 4.88 Å². The van der Waals surface area contributed by atoms with Crippen LogP contribution in [-0.4, -0.2) is 16.6 Å². The second-order valence-electron chi connectivity index (χ2n) is 3.83. The van der Waals surface area contributed by atoms with E-state index in [-0.39, 0.29) is 5.91 Å². The zero-order chi connectivity index (χ0) is 14.5. The number of aryl methyl sites for hydroxylation is 1. The van der Waals surface area contributed by atoms with Crippen molar-refractivity contribution in [1.29, 1.82) is 0 Å². The monoisotopic (exact) mass is 314 g/mol. The first kappa shape index (κ1) is 14.9. The van der Waals surface area contributed by atoms with Crippen molar-refractivity contribution < 1.29 is 13.6 Å². The fourth-order valence-corrected chi connectivity index (χ4v) is 2.74. The first-order chi connectivity index (χ1) is 9.58. The number of hydrogen-bond donors (Lipinski definition) is 1. The maximum atomic E-state index is 12.2. The third-order valence-electron chi connectivity index (χ3n) is 2.42. The molecule has 7 heteroatoms. The van der Waals surface area contributed by atoms with Gasteiger partial charge in [0.15, 0.2) is 0 Å². The van der Waals surface area contributed by atoms with Crippen molar-refractivity contribution in [3.8, 4) is 0 Å². The van der Waals surface area contributed by atoms with Crippen LogP contribution in [0, 0.1) is 0 Å². The highest BCUT2D eigenvalue weighted by Crippen LogP contribution is 2.26. The van der Waals surface area contributed by atoms with E-state index in [1.165, 1.54) is 11.3 Å². The minimum absolute atomic E-state index is 0.239. The molecule has 0 saturated heterocycles. The van der Waals surface area contributed by atoms with Crippen LogP contribution in [0.5, 0.6) is 0 Å². The molecular formula is C13H12F2N2OS2. The number of halogens is 2. The molecular weight excluding hydrogens is 302 g/mol. The molecule has 0 atom stereocenters. The first-order valence-electron chi connectivity index (χ1n) is 5.89. The van der Waals surface area contributed by atoms with Crippen LogP contribution in [0.25, 0.3) is 0 Å². The van der Waals surface area contributed by atoms with Crippen molar-refractivity contribution in [3.05, 3.63) is 40.3 Å². The van der Waals surface area contributed by atoms with Crippen molar-refractivity contribution in [3.63, 3.8) is 0 Å². The SMILES string of the molecule is CCc1ncc(C(=O)Nc2ccc(SC(F)F)cc2)s1. The van der Waals surface area contributed by atoms with Gasteiger partial charge in [-0.05, 0) is 30.7 Å². The van der Waals surface area contributed by atoms with Crippen molar-refractivity contribution >= 4 is 34.7 Å². The lowest BCUT2D eigenvalue weighted by Gasteiger charge is -2.04. The maximum Gasteiger partial charge on any atom is 0.288 e. The predicted octanol–water partition coefficient (Wildman–Crippen LogP) is 4.27. The molecule has 0 fully saturated rings. The summed E-state index contributed by atoms with van der Waals surface area (Å²) in [6.07, 6.45) is 2.33. The quantitative estimate of drug-likeness (QED) is 0.838. The van der Waals surface area contributed by atoms with E-state index >= 15 is 0 Å². The van der Waals surface area contributed by atoms with Gasteiger partial charge in [-0.1, -0.05) is 18.7 Å². The molecule has 1 aromatic heterocycles. The predicted molar refractivity (Wildman–Crippen MR) is 77.7 cm³/mol. The third kappa shape index (κ3) is 4.01. The normalized spacial score (nSPS) is 10.8. The topological polar surface area (TPSA) is 42.0 Å². The number of amides is 1. The van der Waals surface area contributed by atoms with Crippen LogP contribution in [0.4, 0.5) is 14.5 Å². The largest absolute Gasteiger partial charge is 0.321 e. The molecule has 3 nitrogen and oxygen atoms in total. The van der Waals surface area contributed by atoms with Gasteiger partial charge in [0, 0.05) is 10.6 Å². The first-order valence-corrected chi connectivity index (χ1v) is 7.59. The van der Waals surface area contributed by atoms with E-state index in [1.54, 1.807) is 30.5 Å². The number of thiazole rings is 1. The van der Waals surface area contributed by atoms with Crippen LogP contribution in [0.1, 0.15) is 21.6 Å². The summed E-state index contributed by atoms with van der Waals surface area (Å²) in [5, 5.41) is 3.61. The van der Waals surface area contributed by atoms with Gasteiger partial charge in [-0.25, -0.2) is 4.98 Å². The molecule has 1 amide bonds. The summed E-state index contributed by atoms with van der Waals surface area (Å²) in [4.78, 5) is 17.1. The van der Waals surface area contributed by atoms with E-state index in [0.29, 0.717) is 27.2 Å². The van der Waals surface area contributed by atoms with Crippen molar-refractivity contribution in [2.75, 3.05) is 5.32 Å². The summed E-state index contributed by atoms with van der Waals surface area (Å²) in [7, 11) is 0. The molecule has 2 aromatic rings. The van der Waals surface area contributed by atoms with Gasteiger partial charge >= 0.3 is 0 Å². The molecule has 0 aliphatic carbocycles. The number of alkyl halides is 2. The summed E-state index contributed by atoms with van der Waals surface area (Å²) in [6.45, 7) is 1.97. The molecule has 1 N–H and O–H groups in total. The number of carbonyl (C=O) groups is 1. The van der Waals surface area contributed by atoms with Gasteiger partial charge < -0.3 is 5.32 Å². The Kier molecular flexibility index (Phi) is 5.08. The Labute approximate surface area is 123 Å². The zero-order valence-corrected chi connectivity index (χ0v) is 12.2. The van der Waals surface area contributed by atoms with Gasteiger partial charge in [0.2, 0.25) is 0 Å². The molecule has 0 bridgehead atoms. The lowest BCUT2D eigenvalue weighted by Crippen LogP contribution is -2.09. The van der Waals surface area contributed by atoms with Gasteiger partial charge in [-0.15, -0.1) is 11.3 Å². The van der Waals surface area contributed by atoms with Crippen LogP contribution < -0.4 is 5.32 Å². The van der Waals surface area contributed by atoms with E-state index in [4.69, 9.17) is 0 Å². The van der Waals surface area contributed by atoms with Crippen LogP contribution in [0.3, 0.4) is 0 Å². The van der Waals surface area contributed by atoms with Gasteiger partial charge in [0.05, 0.1) is 11.2 Å². The lowest BCUT2D eigenvalue weighted by molar-refractivity contribution is 0.103. The molecule has 0 radical (unpaired) electrons. The zero-order valence-electron chi connectivity index (χ0n) is 10.6. The molecule has 0 aliphatic heterocycles. The average Bonchev–Trinajstić information content (AvgIpc) is 2.89. The van der Waals surface area contributed by atoms with E-state index in [0.717, 1.165) is 11.4 Å². The highest BCUT2D eigenvalue weighted by molar-refractivity contribution is 7.99. The third-order valence-corrected chi connectivity index (χ3v) is 4.28. The highest BCUT2D eigenvalue weighted by Gasteiger charge is 2.10. The van der Waals surface area contributed by atoms with Gasteiger partial charge in [0.25, 0.3) is 11.7 Å². The van der Waals surface area contributed by atoms with E-state index in [2.05, 4.69) is 10.3 Å². The van der Waals surface area contributed by atoms with E-state index < -0.39 is 5.76 Å². The Bertz CT molecular complexity index is 584. The van der Waals surface area contributed by atoms with E-state index in [9.17, 15) is 13.6 Å². The van der Waals surface area contributed by atoms with Crippen LogP contribution >= 0.6 is 23.1 Å². The summed E-state index contributed by atoms with van der Waals surface area (Å²) >= 11 is 1.82. The summed E-state index contributed by atoms with van der Waals surface area (Å²) < 4.78 is 24.4. The number of hydrogen-bond acceptors (Lipinski definition) is 4. The summed E-state index contributed by atoms with van der Waals surface area (Å²) in [5.74, 6) is -2.68. The van der Waals surface area contributed by atoms with Gasteiger partial charge in [-0.2, -0.15) is 8.78 Å². The molecule has 1 heterocycles. The molecule has 0 spiro atoms. The van der Waals surface area contributed by atoms with E-state index in [1.807, 2.05) is 6.92 Å². The molecule has 0 aliphatic rings. The number of anilines is 1. The highest BCUT2D eigenvalue weighted by atomic mass is 32.2. The molecule has 106 valence electrons. The minimum Gasteiger partial charge on any atom is -0.321 e. The molecule has 0 saturated carbocycles. The van der Waals surface area contributed by atoms with Gasteiger partial charge in [-0.3, -0.25) is 4.79 Å². The van der Waals surface area contributed by atoms with Crippen molar-refractivity contribution in [2.45, 2.75) is 24.0 Å². The fourth-order valence-electron chi connectivity index (χ4n) is 1.49. The molecule has 0 unspecified atom stereocenters. The standard InChI is InChI=1S/C13H12F2N2OS2/c1-2-11-16-7-10(20-11)12(18)17-8-3-5-9(6-4-8)19-13(14)15/h3-7,13H,2H2,1H3,(H,17,18). The number of rotatable bonds is 5. The molecule has 20 heavy (non-hydrogen) atoms. The Balaban J connectivity index is 2.00. The number of aromatic nitrogens is 1. The Morgan fingerprint density at radius 2 is 2.10 bits per heavy atom. The number of nitrogens with zero attached hydrogens (tertiary/aromatic N) is 1. The molecule has 2 rings (SSSR count). The number of thioether (sulfide) groups is 1. The Hall–Kier alpha value is -1.47. The minimum atomic E-state index is -2.44. The average molecular weight is 314 g/mol. The summed E-state index contributed by atoms with van der Waals surface area (Å²) in [5.41, 5.74) is 0.570. The van der Waals surface area contributed by atoms with Crippen LogP contribution in [-0.2, 0) is 6.42 Å². The summed E-state index contributed by atoms with van der Waals surface area (Å²) in [6, 6.07) is 6.31. The second kappa shape index (κ2) is 6.81. The fraction of sp³-hybridized carbons (Fsp3) is 0.231. The maximum absolute atomic E-state index is 12.2. The van der Waals surface area contributed by atoms with Crippen LogP contribution in [0.2, 0.25) is 0 Å². The van der Waals surface area contributed by atoms with Crippen LogP contribution in [0.15, 0.2) is 35.4 Å². The number of nitrogens with one attached hydrogen (secondary N) is 1. The lowest BCUT2D eigenvalue weighted by atomic mass is 10.3. The Morgan fingerprint density at radius 3 is 2.65 bits per heavy atom. The number of carbonyl (C=O) groups excluding carboxylic acids is 1. The smallest absolute Gasteiger partial charge is 0.288 e. The second-order valence-corrected chi connectivity index (χ2v) is 6.01. The number of benzene rings is 1. The Morgan fingerprint density at radius 1 is 1.40 bits per heavy atom.